The van der Waals surface area contributed by atoms with Gasteiger partial charge in [0.05, 0.1) is 23.6 Å². The summed E-state index contributed by atoms with van der Waals surface area (Å²) in [4.78, 5) is 24.2. The fourth-order valence-electron chi connectivity index (χ4n) is 2.85. The van der Waals surface area contributed by atoms with Gasteiger partial charge >= 0.3 is 0 Å². The molecule has 2 aromatic carbocycles. The SMILES string of the molecule is O=C(Cn1ncc(=O)c2ccccc21)NCc1cnn(-c2ccccc2)c1. The van der Waals surface area contributed by atoms with Crippen molar-refractivity contribution in [1.82, 2.24) is 24.9 Å². The molecule has 0 atom stereocenters. The van der Waals surface area contributed by atoms with Crippen LogP contribution < -0.4 is 10.7 Å². The van der Waals surface area contributed by atoms with Crippen LogP contribution >= 0.6 is 0 Å². The van der Waals surface area contributed by atoms with Crippen LogP contribution in [-0.2, 0) is 17.9 Å². The van der Waals surface area contributed by atoms with E-state index in [0.717, 1.165) is 11.3 Å². The van der Waals surface area contributed by atoms with Crippen LogP contribution in [0.3, 0.4) is 0 Å². The third-order valence-corrected chi connectivity index (χ3v) is 4.20. The predicted octanol–water partition coefficient (Wildman–Crippen LogP) is 1.90. The lowest BCUT2D eigenvalue weighted by atomic mass is 10.2. The van der Waals surface area contributed by atoms with Crippen molar-refractivity contribution in [3.8, 4) is 5.69 Å². The van der Waals surface area contributed by atoms with Crippen LogP contribution in [0.5, 0.6) is 0 Å². The number of benzene rings is 2. The Bertz CT molecular complexity index is 1150. The van der Waals surface area contributed by atoms with Gasteiger partial charge in [0.1, 0.15) is 6.54 Å². The highest BCUT2D eigenvalue weighted by Crippen LogP contribution is 2.09. The predicted molar refractivity (Wildman–Crippen MR) is 101 cm³/mol. The van der Waals surface area contributed by atoms with Gasteiger partial charge in [0, 0.05) is 23.7 Å². The van der Waals surface area contributed by atoms with Gasteiger partial charge in [-0.25, -0.2) is 4.68 Å². The summed E-state index contributed by atoms with van der Waals surface area (Å²) in [5, 5.41) is 11.8. The Morgan fingerprint density at radius 1 is 0.963 bits per heavy atom. The zero-order chi connectivity index (χ0) is 18.6. The van der Waals surface area contributed by atoms with Gasteiger partial charge in [-0.05, 0) is 24.3 Å². The zero-order valence-corrected chi connectivity index (χ0v) is 14.4. The molecule has 27 heavy (non-hydrogen) atoms. The molecule has 7 heteroatoms. The lowest BCUT2D eigenvalue weighted by Crippen LogP contribution is -2.28. The molecule has 2 aromatic heterocycles. The van der Waals surface area contributed by atoms with Gasteiger partial charge in [-0.15, -0.1) is 0 Å². The second kappa shape index (κ2) is 7.25. The fourth-order valence-corrected chi connectivity index (χ4v) is 2.85. The van der Waals surface area contributed by atoms with Crippen LogP contribution in [0.2, 0.25) is 0 Å². The number of hydrogen-bond donors (Lipinski definition) is 1. The smallest absolute Gasteiger partial charge is 0.242 e. The van der Waals surface area contributed by atoms with E-state index in [1.165, 1.54) is 10.9 Å². The van der Waals surface area contributed by atoms with Crippen LogP contribution in [0, 0.1) is 0 Å². The molecule has 4 aromatic rings. The van der Waals surface area contributed by atoms with Gasteiger partial charge in [-0.2, -0.15) is 10.2 Å². The second-order valence-electron chi connectivity index (χ2n) is 6.09. The number of nitrogens with one attached hydrogen (secondary N) is 1. The van der Waals surface area contributed by atoms with Gasteiger partial charge in [-0.1, -0.05) is 30.3 Å². The molecule has 0 unspecified atom stereocenters. The van der Waals surface area contributed by atoms with Crippen molar-refractivity contribution in [2.45, 2.75) is 13.1 Å². The quantitative estimate of drug-likeness (QED) is 0.590. The van der Waals surface area contributed by atoms with Crippen molar-refractivity contribution >= 4 is 16.8 Å². The van der Waals surface area contributed by atoms with Crippen LogP contribution in [-0.4, -0.2) is 25.5 Å². The van der Waals surface area contributed by atoms with Crippen LogP contribution in [0.4, 0.5) is 0 Å². The summed E-state index contributed by atoms with van der Waals surface area (Å²) in [7, 11) is 0. The molecular weight excluding hydrogens is 342 g/mol. The number of fused-ring (bicyclic) bond motifs is 1. The topological polar surface area (TPSA) is 81.8 Å². The average molecular weight is 359 g/mol. The summed E-state index contributed by atoms with van der Waals surface area (Å²) < 4.78 is 3.29. The normalized spacial score (nSPS) is 10.8. The molecule has 0 aliphatic rings. The minimum absolute atomic E-state index is 0.0353. The first-order valence-corrected chi connectivity index (χ1v) is 8.51. The number of aromatic nitrogens is 4. The molecule has 7 nitrogen and oxygen atoms in total. The van der Waals surface area contributed by atoms with E-state index in [1.54, 1.807) is 29.1 Å². The van der Waals surface area contributed by atoms with Gasteiger partial charge in [0.25, 0.3) is 0 Å². The number of rotatable bonds is 5. The molecule has 0 aliphatic carbocycles. The highest BCUT2D eigenvalue weighted by molar-refractivity contribution is 5.81. The molecule has 0 saturated carbocycles. The van der Waals surface area contributed by atoms with Gasteiger partial charge < -0.3 is 5.32 Å². The lowest BCUT2D eigenvalue weighted by molar-refractivity contribution is -0.121. The van der Waals surface area contributed by atoms with Crippen molar-refractivity contribution in [3.63, 3.8) is 0 Å². The van der Waals surface area contributed by atoms with Crippen molar-refractivity contribution in [1.29, 1.82) is 0 Å². The molecule has 134 valence electrons. The Morgan fingerprint density at radius 3 is 2.59 bits per heavy atom. The van der Waals surface area contributed by atoms with E-state index < -0.39 is 0 Å². The van der Waals surface area contributed by atoms with Gasteiger partial charge in [0.15, 0.2) is 0 Å². The lowest BCUT2D eigenvalue weighted by Gasteiger charge is -2.09. The monoisotopic (exact) mass is 359 g/mol. The first-order chi connectivity index (χ1) is 13.2. The van der Waals surface area contributed by atoms with Crippen molar-refractivity contribution < 1.29 is 4.79 Å². The third kappa shape index (κ3) is 3.62. The molecular formula is C20H17N5O2. The molecule has 0 spiro atoms. The maximum Gasteiger partial charge on any atom is 0.242 e. The van der Waals surface area contributed by atoms with Gasteiger partial charge in [-0.3, -0.25) is 14.3 Å². The first-order valence-electron chi connectivity index (χ1n) is 8.51. The molecule has 2 heterocycles. The zero-order valence-electron chi connectivity index (χ0n) is 14.4. The molecule has 0 fully saturated rings. The highest BCUT2D eigenvalue weighted by atomic mass is 16.2. The molecule has 1 N–H and O–H groups in total. The van der Waals surface area contributed by atoms with E-state index in [-0.39, 0.29) is 17.9 Å². The van der Waals surface area contributed by atoms with Crippen LogP contribution in [0.25, 0.3) is 16.6 Å². The maximum absolute atomic E-state index is 12.3. The number of amides is 1. The molecule has 0 saturated heterocycles. The third-order valence-electron chi connectivity index (χ3n) is 4.20. The highest BCUT2D eigenvalue weighted by Gasteiger charge is 2.08. The molecule has 0 aliphatic heterocycles. The molecule has 1 amide bonds. The summed E-state index contributed by atoms with van der Waals surface area (Å²) in [5.74, 6) is -0.191. The number of hydrogen-bond acceptors (Lipinski definition) is 4. The van der Waals surface area contributed by atoms with E-state index in [1.807, 2.05) is 42.6 Å². The summed E-state index contributed by atoms with van der Waals surface area (Å²) in [6.45, 7) is 0.400. The van der Waals surface area contributed by atoms with E-state index in [0.29, 0.717) is 17.4 Å². The molecule has 4 rings (SSSR count). The summed E-state index contributed by atoms with van der Waals surface area (Å²) in [5.41, 5.74) is 2.33. The van der Waals surface area contributed by atoms with E-state index in [4.69, 9.17) is 0 Å². The Hall–Kier alpha value is -3.74. The summed E-state index contributed by atoms with van der Waals surface area (Å²) >= 11 is 0. The molecule has 0 radical (unpaired) electrons. The number of carbonyl (C=O) groups excluding carboxylic acids is 1. The Labute approximate surface area is 154 Å². The number of carbonyl (C=O) groups is 1. The van der Waals surface area contributed by atoms with Gasteiger partial charge in [0.2, 0.25) is 11.3 Å². The Kier molecular flexibility index (Phi) is 4.49. The van der Waals surface area contributed by atoms with Crippen molar-refractivity contribution in [2.75, 3.05) is 0 Å². The minimum atomic E-state index is -0.191. The number of para-hydroxylation sites is 2. The fraction of sp³-hybridized carbons (Fsp3) is 0.100. The largest absolute Gasteiger partial charge is 0.350 e. The van der Waals surface area contributed by atoms with Crippen LogP contribution in [0.15, 0.2) is 78.0 Å². The standard InChI is InChI=1S/C20H17N5O2/c26-19-12-23-25(18-9-5-4-8-17(18)19)14-20(27)21-10-15-11-22-24(13-15)16-6-2-1-3-7-16/h1-9,11-13H,10,14H2,(H,21,27). The summed E-state index contributed by atoms with van der Waals surface area (Å²) in [6.07, 6.45) is 4.84. The molecule has 0 bridgehead atoms. The average Bonchev–Trinajstić information content (AvgIpc) is 3.19. The van der Waals surface area contributed by atoms with Crippen LogP contribution in [0.1, 0.15) is 5.56 Å². The van der Waals surface area contributed by atoms with E-state index in [9.17, 15) is 9.59 Å². The second-order valence-corrected chi connectivity index (χ2v) is 6.09. The maximum atomic E-state index is 12.3. The van der Waals surface area contributed by atoms with E-state index >= 15 is 0 Å². The summed E-state index contributed by atoms with van der Waals surface area (Å²) in [6, 6.07) is 16.9. The Morgan fingerprint density at radius 2 is 1.74 bits per heavy atom. The van der Waals surface area contributed by atoms with Crippen molar-refractivity contribution in [3.05, 3.63) is 89.0 Å². The van der Waals surface area contributed by atoms with E-state index in [2.05, 4.69) is 15.5 Å². The Balaban J connectivity index is 1.43. The minimum Gasteiger partial charge on any atom is -0.350 e. The first kappa shape index (κ1) is 16.7. The number of nitrogens with zero attached hydrogens (tertiary/aromatic N) is 4. The van der Waals surface area contributed by atoms with Crippen molar-refractivity contribution in [2.24, 2.45) is 0 Å².